The van der Waals surface area contributed by atoms with Crippen molar-refractivity contribution in [3.8, 4) is 17.2 Å². The zero-order chi connectivity index (χ0) is 29.1. The molecule has 0 aliphatic carbocycles. The number of anilines is 3. The van der Waals surface area contributed by atoms with Crippen molar-refractivity contribution in [3.63, 3.8) is 0 Å². The van der Waals surface area contributed by atoms with Gasteiger partial charge in [-0.25, -0.2) is 4.79 Å². The van der Waals surface area contributed by atoms with Gasteiger partial charge in [-0.15, -0.1) is 0 Å². The average Bonchev–Trinajstić information content (AvgIpc) is 3.32. The number of nitrogens with zero attached hydrogens (tertiary/aromatic N) is 1. The minimum absolute atomic E-state index is 0.0966. The Morgan fingerprint density at radius 1 is 1.05 bits per heavy atom. The van der Waals surface area contributed by atoms with Crippen molar-refractivity contribution in [1.82, 2.24) is 10.2 Å². The maximum Gasteiger partial charge on any atom is 0.416 e. The lowest BCUT2D eigenvalue weighted by Crippen LogP contribution is -2.42. The van der Waals surface area contributed by atoms with Crippen LogP contribution < -0.4 is 30.7 Å². The molecule has 4 N–H and O–H groups in total. The molecule has 2 atom stereocenters. The van der Waals surface area contributed by atoms with Crippen LogP contribution in [-0.4, -0.2) is 49.2 Å². The van der Waals surface area contributed by atoms with Gasteiger partial charge in [-0.05, 0) is 81.9 Å². The van der Waals surface area contributed by atoms with Crippen LogP contribution >= 0.6 is 0 Å². The standard InChI is InChI=1S/C29H30F3N5O4/c1-17-33-24-10-9-22(15-23(24)27(38)34-17)41-21-7-3-5-19(14-21)35-28(39)36-25-13-18(29(30,31)32)8-11-26(25)40-16-20-6-4-12-37(20)2/h3,5,7-11,13-15,17,20,33H,4,6,12,16H2,1-2H3,(H,34,38)(H2,35,36,39). The Bertz CT molecular complexity index is 1450. The van der Waals surface area contributed by atoms with Crippen LogP contribution in [0.2, 0.25) is 0 Å². The van der Waals surface area contributed by atoms with E-state index in [1.807, 2.05) is 14.0 Å². The van der Waals surface area contributed by atoms with Crippen LogP contribution in [0.15, 0.2) is 60.7 Å². The van der Waals surface area contributed by atoms with Crippen LogP contribution in [0.5, 0.6) is 17.2 Å². The Morgan fingerprint density at radius 2 is 1.85 bits per heavy atom. The Labute approximate surface area is 235 Å². The summed E-state index contributed by atoms with van der Waals surface area (Å²) in [6.07, 6.45) is -2.84. The molecule has 3 aromatic rings. The van der Waals surface area contributed by atoms with E-state index < -0.39 is 17.8 Å². The number of rotatable bonds is 7. The van der Waals surface area contributed by atoms with Crippen LogP contribution in [0.3, 0.4) is 0 Å². The van der Waals surface area contributed by atoms with Gasteiger partial charge >= 0.3 is 12.2 Å². The maximum atomic E-state index is 13.4. The zero-order valence-corrected chi connectivity index (χ0v) is 22.5. The van der Waals surface area contributed by atoms with Gasteiger partial charge in [0.2, 0.25) is 0 Å². The molecule has 2 aliphatic heterocycles. The largest absolute Gasteiger partial charge is 0.490 e. The number of likely N-dealkylation sites (N-methyl/N-ethyl adjacent to an activating group) is 1. The first-order chi connectivity index (χ1) is 19.5. The molecule has 2 aliphatic rings. The van der Waals surface area contributed by atoms with Crippen molar-refractivity contribution in [1.29, 1.82) is 0 Å². The summed E-state index contributed by atoms with van der Waals surface area (Å²) in [6, 6.07) is 13.9. The summed E-state index contributed by atoms with van der Waals surface area (Å²) < 4.78 is 52.0. The molecule has 12 heteroatoms. The van der Waals surface area contributed by atoms with E-state index in [0.717, 1.165) is 31.5 Å². The summed E-state index contributed by atoms with van der Waals surface area (Å²) in [5, 5.41) is 11.0. The number of carbonyl (C=O) groups is 2. The number of ether oxygens (including phenoxy) is 2. The van der Waals surface area contributed by atoms with Crippen molar-refractivity contribution < 1.29 is 32.2 Å². The molecule has 2 heterocycles. The molecule has 1 fully saturated rings. The van der Waals surface area contributed by atoms with Gasteiger partial charge in [0.1, 0.15) is 23.9 Å². The Balaban J connectivity index is 1.27. The molecule has 2 unspecified atom stereocenters. The lowest BCUT2D eigenvalue weighted by molar-refractivity contribution is -0.137. The molecule has 9 nitrogen and oxygen atoms in total. The summed E-state index contributed by atoms with van der Waals surface area (Å²) >= 11 is 0. The topological polar surface area (TPSA) is 104 Å². The summed E-state index contributed by atoms with van der Waals surface area (Å²) in [4.78, 5) is 27.3. The molecular formula is C29H30F3N5O4. The Morgan fingerprint density at radius 3 is 2.61 bits per heavy atom. The zero-order valence-electron chi connectivity index (χ0n) is 22.5. The minimum Gasteiger partial charge on any atom is -0.490 e. The second-order valence-electron chi connectivity index (χ2n) is 10.1. The molecule has 0 aromatic heterocycles. The van der Waals surface area contributed by atoms with Crippen LogP contribution in [0.1, 0.15) is 35.7 Å². The molecular weight excluding hydrogens is 539 g/mol. The van der Waals surface area contributed by atoms with Crippen molar-refractivity contribution >= 4 is 29.0 Å². The van der Waals surface area contributed by atoms with Gasteiger partial charge in [0.05, 0.1) is 23.0 Å². The monoisotopic (exact) mass is 569 g/mol. The van der Waals surface area contributed by atoms with Crippen molar-refractivity contribution in [2.45, 2.75) is 38.1 Å². The maximum absolute atomic E-state index is 13.4. The fourth-order valence-corrected chi connectivity index (χ4v) is 4.81. The number of urea groups is 1. The fourth-order valence-electron chi connectivity index (χ4n) is 4.81. The van der Waals surface area contributed by atoms with Gasteiger partial charge in [0, 0.05) is 23.5 Å². The highest BCUT2D eigenvalue weighted by molar-refractivity contribution is 6.02. The first kappa shape index (κ1) is 28.1. The number of hydrogen-bond acceptors (Lipinski definition) is 6. The molecule has 216 valence electrons. The van der Waals surface area contributed by atoms with Crippen LogP contribution in [0, 0.1) is 0 Å². The molecule has 41 heavy (non-hydrogen) atoms. The molecule has 0 spiro atoms. The molecule has 3 aromatic carbocycles. The van der Waals surface area contributed by atoms with Crippen LogP contribution in [-0.2, 0) is 6.18 Å². The van der Waals surface area contributed by atoms with Gasteiger partial charge < -0.3 is 35.6 Å². The summed E-state index contributed by atoms with van der Waals surface area (Å²) in [7, 11) is 1.97. The van der Waals surface area contributed by atoms with Gasteiger partial charge in [-0.1, -0.05) is 6.07 Å². The highest BCUT2D eigenvalue weighted by atomic mass is 19.4. The number of hydrogen-bond donors (Lipinski definition) is 4. The van der Waals surface area contributed by atoms with Crippen molar-refractivity contribution in [3.05, 3.63) is 71.8 Å². The predicted molar refractivity (Wildman–Crippen MR) is 149 cm³/mol. The fraction of sp³-hybridized carbons (Fsp3) is 0.310. The van der Waals surface area contributed by atoms with E-state index in [1.165, 1.54) is 6.07 Å². The lowest BCUT2D eigenvalue weighted by atomic mass is 10.1. The lowest BCUT2D eigenvalue weighted by Gasteiger charge is -2.25. The smallest absolute Gasteiger partial charge is 0.416 e. The summed E-state index contributed by atoms with van der Waals surface area (Å²) in [5.74, 6) is 0.711. The molecule has 0 saturated carbocycles. The van der Waals surface area contributed by atoms with E-state index >= 15 is 0 Å². The second-order valence-corrected chi connectivity index (χ2v) is 10.1. The first-order valence-electron chi connectivity index (χ1n) is 13.2. The van der Waals surface area contributed by atoms with E-state index in [9.17, 15) is 22.8 Å². The van der Waals surface area contributed by atoms with Gasteiger partial charge in [0.25, 0.3) is 5.91 Å². The third-order valence-electron chi connectivity index (χ3n) is 6.94. The van der Waals surface area contributed by atoms with E-state index in [0.29, 0.717) is 28.4 Å². The number of benzene rings is 3. The van der Waals surface area contributed by atoms with Gasteiger partial charge in [-0.3, -0.25) is 4.79 Å². The minimum atomic E-state index is -4.59. The number of amides is 3. The number of carbonyl (C=O) groups excluding carboxylic acids is 2. The third kappa shape index (κ3) is 6.83. The predicted octanol–water partition coefficient (Wildman–Crippen LogP) is 6.12. The molecule has 0 bridgehead atoms. The first-order valence-corrected chi connectivity index (χ1v) is 13.2. The van der Waals surface area contributed by atoms with E-state index in [-0.39, 0.29) is 36.2 Å². The number of likely N-dealkylation sites (tertiary alicyclic amines) is 1. The number of nitrogens with one attached hydrogen (secondary N) is 4. The van der Waals surface area contributed by atoms with E-state index in [2.05, 4.69) is 26.2 Å². The van der Waals surface area contributed by atoms with Crippen molar-refractivity contribution in [2.75, 3.05) is 36.1 Å². The van der Waals surface area contributed by atoms with Crippen LogP contribution in [0.4, 0.5) is 35.0 Å². The molecule has 1 saturated heterocycles. The summed E-state index contributed by atoms with van der Waals surface area (Å²) in [5.41, 5.74) is 0.465. The molecule has 0 radical (unpaired) electrons. The third-order valence-corrected chi connectivity index (χ3v) is 6.94. The molecule has 3 amide bonds. The van der Waals surface area contributed by atoms with E-state index in [4.69, 9.17) is 9.47 Å². The van der Waals surface area contributed by atoms with Crippen LogP contribution in [0.25, 0.3) is 0 Å². The summed E-state index contributed by atoms with van der Waals surface area (Å²) in [6.45, 7) is 3.04. The highest BCUT2D eigenvalue weighted by Gasteiger charge is 2.32. The van der Waals surface area contributed by atoms with E-state index in [1.54, 1.807) is 42.5 Å². The highest BCUT2D eigenvalue weighted by Crippen LogP contribution is 2.36. The molecule has 5 rings (SSSR count). The van der Waals surface area contributed by atoms with Gasteiger partial charge in [0.15, 0.2) is 0 Å². The number of fused-ring (bicyclic) bond motifs is 1. The Hall–Kier alpha value is -4.45. The second kappa shape index (κ2) is 11.6. The van der Waals surface area contributed by atoms with Gasteiger partial charge in [-0.2, -0.15) is 13.2 Å². The SMILES string of the molecule is CC1NC(=O)c2cc(Oc3cccc(NC(=O)Nc4cc(C(F)(F)F)ccc4OCC4CCCN4C)c3)ccc2N1. The Kier molecular flexibility index (Phi) is 7.93. The average molecular weight is 570 g/mol. The number of alkyl halides is 3. The number of halogens is 3. The van der Waals surface area contributed by atoms with Crippen molar-refractivity contribution in [2.24, 2.45) is 0 Å². The quantitative estimate of drug-likeness (QED) is 0.274. The normalized spacial score (nSPS) is 18.6.